The van der Waals surface area contributed by atoms with E-state index in [2.05, 4.69) is 0 Å². The van der Waals surface area contributed by atoms with Crippen LogP contribution < -0.4 is 5.48 Å². The molecule has 1 aromatic heterocycles. The molecule has 0 saturated heterocycles. The van der Waals surface area contributed by atoms with Gasteiger partial charge < -0.3 is 4.42 Å². The molecule has 1 rings (SSSR count). The summed E-state index contributed by atoms with van der Waals surface area (Å²) in [5, 5.41) is 8.19. The van der Waals surface area contributed by atoms with E-state index in [0.717, 1.165) is 0 Å². The van der Waals surface area contributed by atoms with Crippen molar-refractivity contribution >= 4 is 11.7 Å². The molecule has 0 spiro atoms. The zero-order chi connectivity index (χ0) is 9.14. The molecule has 12 heavy (non-hydrogen) atoms. The van der Waals surface area contributed by atoms with Crippen LogP contribution in [0.5, 0.6) is 0 Å². The Morgan fingerprint density at radius 3 is 2.42 bits per heavy atom. The maximum absolute atomic E-state index is 10.7. The molecule has 5 nitrogen and oxygen atoms in total. The number of Topliss-reactive ketones (excluding diaryl/α,β-unsaturated/α-hetero) is 1. The molecule has 0 atom stereocenters. The van der Waals surface area contributed by atoms with E-state index >= 15 is 0 Å². The van der Waals surface area contributed by atoms with Crippen LogP contribution in [-0.2, 0) is 0 Å². The lowest BCUT2D eigenvalue weighted by Gasteiger charge is -1.91. The third-order valence-corrected chi connectivity index (χ3v) is 1.28. The van der Waals surface area contributed by atoms with Crippen molar-refractivity contribution in [2.75, 3.05) is 0 Å². The second kappa shape index (κ2) is 3.19. The second-order valence-electron chi connectivity index (χ2n) is 2.16. The number of carbonyl (C=O) groups excluding carboxylic acids is 2. The Kier molecular flexibility index (Phi) is 2.25. The first-order chi connectivity index (χ1) is 5.65. The number of nitrogens with one attached hydrogen (secondary N) is 1. The Labute approximate surface area is 67.9 Å². The van der Waals surface area contributed by atoms with E-state index < -0.39 is 5.91 Å². The normalized spacial score (nSPS) is 9.50. The van der Waals surface area contributed by atoms with E-state index in [-0.39, 0.29) is 17.3 Å². The molecule has 5 heteroatoms. The molecule has 1 amide bonds. The van der Waals surface area contributed by atoms with E-state index in [9.17, 15) is 9.59 Å². The molecule has 0 fully saturated rings. The van der Waals surface area contributed by atoms with Crippen LogP contribution in [0.25, 0.3) is 0 Å². The number of hydroxylamine groups is 1. The Morgan fingerprint density at radius 1 is 1.42 bits per heavy atom. The SMILES string of the molecule is CC(=O)c1ccc(C(=O)NO)o1. The minimum Gasteiger partial charge on any atom is -0.448 e. The quantitative estimate of drug-likeness (QED) is 0.386. The smallest absolute Gasteiger partial charge is 0.310 e. The van der Waals surface area contributed by atoms with Crippen molar-refractivity contribution in [3.8, 4) is 0 Å². The molecular formula is C7H7NO4. The van der Waals surface area contributed by atoms with Crippen LogP contribution in [-0.4, -0.2) is 16.9 Å². The summed E-state index contributed by atoms with van der Waals surface area (Å²) in [5.74, 6) is -1.05. The van der Waals surface area contributed by atoms with Crippen LogP contribution in [0.15, 0.2) is 16.5 Å². The van der Waals surface area contributed by atoms with Crippen molar-refractivity contribution in [1.29, 1.82) is 0 Å². The summed E-state index contributed by atoms with van der Waals surface area (Å²) in [6.45, 7) is 1.32. The highest BCUT2D eigenvalue weighted by Gasteiger charge is 2.11. The van der Waals surface area contributed by atoms with Crippen LogP contribution in [0.1, 0.15) is 28.0 Å². The van der Waals surface area contributed by atoms with E-state index in [1.54, 1.807) is 0 Å². The highest BCUT2D eigenvalue weighted by Crippen LogP contribution is 2.07. The van der Waals surface area contributed by atoms with Gasteiger partial charge >= 0.3 is 5.91 Å². The van der Waals surface area contributed by atoms with Gasteiger partial charge in [-0.1, -0.05) is 0 Å². The molecule has 0 unspecified atom stereocenters. The largest absolute Gasteiger partial charge is 0.448 e. The molecule has 0 aliphatic carbocycles. The summed E-state index contributed by atoms with van der Waals surface area (Å²) in [5.41, 5.74) is 1.39. The molecule has 1 heterocycles. The van der Waals surface area contributed by atoms with Gasteiger partial charge in [-0.3, -0.25) is 14.8 Å². The fourth-order valence-corrected chi connectivity index (χ4v) is 0.704. The number of hydrogen-bond donors (Lipinski definition) is 2. The number of rotatable bonds is 2. The number of furan rings is 1. The summed E-state index contributed by atoms with van der Waals surface area (Å²) < 4.78 is 4.78. The first-order valence-corrected chi connectivity index (χ1v) is 3.20. The van der Waals surface area contributed by atoms with Gasteiger partial charge in [0.1, 0.15) is 0 Å². The molecule has 1 aromatic rings. The average Bonchev–Trinajstić information content (AvgIpc) is 2.51. The molecule has 0 aliphatic heterocycles. The third-order valence-electron chi connectivity index (χ3n) is 1.28. The lowest BCUT2D eigenvalue weighted by molar-refractivity contribution is 0.0673. The summed E-state index contributed by atoms with van der Waals surface area (Å²) in [4.78, 5) is 21.4. The summed E-state index contributed by atoms with van der Waals surface area (Å²) in [6.07, 6.45) is 0. The Balaban J connectivity index is 2.91. The molecule has 2 N–H and O–H groups in total. The summed E-state index contributed by atoms with van der Waals surface area (Å²) in [7, 11) is 0. The van der Waals surface area contributed by atoms with Gasteiger partial charge in [0.05, 0.1) is 0 Å². The van der Waals surface area contributed by atoms with Crippen molar-refractivity contribution in [2.45, 2.75) is 6.92 Å². The first-order valence-electron chi connectivity index (χ1n) is 3.20. The Hall–Kier alpha value is -1.62. The van der Waals surface area contributed by atoms with Crippen molar-refractivity contribution in [2.24, 2.45) is 0 Å². The molecule has 0 radical (unpaired) electrons. The number of hydrogen-bond acceptors (Lipinski definition) is 4. The van der Waals surface area contributed by atoms with Gasteiger partial charge in [-0.2, -0.15) is 0 Å². The molecule has 0 saturated carbocycles. The van der Waals surface area contributed by atoms with Crippen LogP contribution in [0.3, 0.4) is 0 Å². The summed E-state index contributed by atoms with van der Waals surface area (Å²) >= 11 is 0. The topological polar surface area (TPSA) is 79.5 Å². The highest BCUT2D eigenvalue weighted by atomic mass is 16.5. The zero-order valence-electron chi connectivity index (χ0n) is 6.33. The van der Waals surface area contributed by atoms with Crippen molar-refractivity contribution in [3.63, 3.8) is 0 Å². The third kappa shape index (κ3) is 1.51. The van der Waals surface area contributed by atoms with Crippen molar-refractivity contribution in [1.82, 2.24) is 5.48 Å². The standard InChI is InChI=1S/C7H7NO4/c1-4(9)5-2-3-6(12-5)7(10)8-11/h2-3,11H,1H3,(H,8,10). The van der Waals surface area contributed by atoms with Crippen molar-refractivity contribution in [3.05, 3.63) is 23.7 Å². The zero-order valence-corrected chi connectivity index (χ0v) is 6.33. The van der Waals surface area contributed by atoms with E-state index in [1.165, 1.54) is 24.5 Å². The lowest BCUT2D eigenvalue weighted by atomic mass is 10.3. The Morgan fingerprint density at radius 2 is 2.00 bits per heavy atom. The minimum atomic E-state index is -0.775. The first kappa shape index (κ1) is 8.48. The van der Waals surface area contributed by atoms with E-state index in [0.29, 0.717) is 0 Å². The fourth-order valence-electron chi connectivity index (χ4n) is 0.704. The van der Waals surface area contributed by atoms with E-state index in [4.69, 9.17) is 9.62 Å². The molecule has 64 valence electrons. The van der Waals surface area contributed by atoms with Crippen LogP contribution in [0.4, 0.5) is 0 Å². The van der Waals surface area contributed by atoms with Gasteiger partial charge in [-0.05, 0) is 12.1 Å². The van der Waals surface area contributed by atoms with Gasteiger partial charge in [0.15, 0.2) is 17.3 Å². The molecular weight excluding hydrogens is 162 g/mol. The van der Waals surface area contributed by atoms with Crippen LogP contribution in [0.2, 0.25) is 0 Å². The fraction of sp³-hybridized carbons (Fsp3) is 0.143. The predicted octanol–water partition coefficient (Wildman–Crippen LogP) is 0.601. The van der Waals surface area contributed by atoms with Gasteiger partial charge in [0, 0.05) is 6.92 Å². The van der Waals surface area contributed by atoms with Crippen LogP contribution >= 0.6 is 0 Å². The van der Waals surface area contributed by atoms with Crippen molar-refractivity contribution < 1.29 is 19.2 Å². The maximum Gasteiger partial charge on any atom is 0.310 e. The number of carbonyl (C=O) groups is 2. The highest BCUT2D eigenvalue weighted by molar-refractivity contribution is 5.95. The average molecular weight is 169 g/mol. The number of ketones is 1. The molecule has 0 aliphatic rings. The summed E-state index contributed by atoms with van der Waals surface area (Å²) in [6, 6.07) is 2.68. The van der Waals surface area contributed by atoms with Gasteiger partial charge in [-0.15, -0.1) is 0 Å². The lowest BCUT2D eigenvalue weighted by Crippen LogP contribution is -2.17. The van der Waals surface area contributed by atoms with Gasteiger partial charge in [-0.25, -0.2) is 5.48 Å². The monoisotopic (exact) mass is 169 g/mol. The minimum absolute atomic E-state index is 0.0913. The van der Waals surface area contributed by atoms with Crippen LogP contribution in [0, 0.1) is 0 Å². The predicted molar refractivity (Wildman–Crippen MR) is 38.0 cm³/mol. The van der Waals surface area contributed by atoms with Gasteiger partial charge in [0.2, 0.25) is 0 Å². The Bertz CT molecular complexity index is 315. The number of amides is 1. The van der Waals surface area contributed by atoms with E-state index in [1.807, 2.05) is 0 Å². The second-order valence-corrected chi connectivity index (χ2v) is 2.16. The molecule has 0 bridgehead atoms. The molecule has 0 aromatic carbocycles. The maximum atomic E-state index is 10.7. The van der Waals surface area contributed by atoms with Gasteiger partial charge in [0.25, 0.3) is 0 Å².